The Balaban J connectivity index is 2.32. The summed E-state index contributed by atoms with van der Waals surface area (Å²) in [4.78, 5) is 24.9. The van der Waals surface area contributed by atoms with Crippen LogP contribution in [0.2, 0.25) is 0 Å². The maximum absolute atomic E-state index is 12.4. The van der Waals surface area contributed by atoms with Gasteiger partial charge in [0.05, 0.1) is 19.1 Å². The minimum Gasteiger partial charge on any atom is -0.493 e. The highest BCUT2D eigenvalue weighted by atomic mass is 32.2. The van der Waals surface area contributed by atoms with E-state index in [1.165, 1.54) is 21.1 Å². The van der Waals surface area contributed by atoms with Crippen LogP contribution >= 0.6 is 24.0 Å². The van der Waals surface area contributed by atoms with Crippen molar-refractivity contribution in [1.82, 2.24) is 4.90 Å². The van der Waals surface area contributed by atoms with Gasteiger partial charge in [0.25, 0.3) is 5.91 Å². The molecule has 122 valence electrons. The van der Waals surface area contributed by atoms with E-state index in [0.717, 1.165) is 22.2 Å². The number of thiocarbonyl (C=S) groups is 1. The second kappa shape index (κ2) is 7.01. The van der Waals surface area contributed by atoms with Gasteiger partial charge in [-0.2, -0.15) is 0 Å². The van der Waals surface area contributed by atoms with Gasteiger partial charge in [0.15, 0.2) is 11.5 Å². The zero-order chi connectivity index (χ0) is 17.1. The molecule has 0 saturated carbocycles. The molecular weight excluding hydrogens is 338 g/mol. The topological polar surface area (TPSA) is 76.1 Å². The molecule has 1 saturated heterocycles. The molecule has 2 rings (SSSR count). The van der Waals surface area contributed by atoms with Crippen molar-refractivity contribution in [3.05, 3.63) is 28.7 Å². The zero-order valence-corrected chi connectivity index (χ0v) is 14.4. The first-order valence-corrected chi connectivity index (χ1v) is 7.83. The number of thioether (sulfide) groups is 1. The summed E-state index contributed by atoms with van der Waals surface area (Å²) in [6.45, 7) is 1.42. The number of aliphatic carboxylic acids is 1. The number of nitrogens with zero attached hydrogens (tertiary/aromatic N) is 1. The lowest BCUT2D eigenvalue weighted by Crippen LogP contribution is -2.41. The fraction of sp³-hybridized carbons (Fsp3) is 0.267. The monoisotopic (exact) mass is 353 g/mol. The van der Waals surface area contributed by atoms with Gasteiger partial charge in [-0.1, -0.05) is 30.0 Å². The first-order valence-electron chi connectivity index (χ1n) is 6.61. The molecule has 1 aliphatic rings. The highest BCUT2D eigenvalue weighted by molar-refractivity contribution is 8.26. The van der Waals surface area contributed by atoms with E-state index < -0.39 is 17.9 Å². The van der Waals surface area contributed by atoms with Crippen molar-refractivity contribution in [3.63, 3.8) is 0 Å². The third-order valence-corrected chi connectivity index (χ3v) is 4.60. The van der Waals surface area contributed by atoms with Gasteiger partial charge in [-0.15, -0.1) is 0 Å². The number of carboxylic acids is 1. The second-order valence-corrected chi connectivity index (χ2v) is 6.36. The second-order valence-electron chi connectivity index (χ2n) is 4.68. The number of rotatable bonds is 5. The molecule has 0 aromatic heterocycles. The average molecular weight is 353 g/mol. The Hall–Kier alpha value is -2.06. The summed E-state index contributed by atoms with van der Waals surface area (Å²) >= 11 is 6.19. The van der Waals surface area contributed by atoms with Crippen LogP contribution in [0.15, 0.2) is 23.1 Å². The molecule has 1 fully saturated rings. The lowest BCUT2D eigenvalue weighted by Gasteiger charge is -2.18. The van der Waals surface area contributed by atoms with Gasteiger partial charge < -0.3 is 14.6 Å². The number of carbonyl (C=O) groups excluding carboxylic acids is 1. The van der Waals surface area contributed by atoms with Crippen molar-refractivity contribution in [2.24, 2.45) is 0 Å². The molecule has 1 heterocycles. The van der Waals surface area contributed by atoms with Crippen LogP contribution in [0.1, 0.15) is 12.5 Å². The van der Waals surface area contributed by atoms with Crippen LogP contribution in [0.5, 0.6) is 11.5 Å². The van der Waals surface area contributed by atoms with Crippen LogP contribution in [-0.4, -0.2) is 46.5 Å². The van der Waals surface area contributed by atoms with Crippen LogP contribution in [0.4, 0.5) is 0 Å². The summed E-state index contributed by atoms with van der Waals surface area (Å²) in [5.41, 5.74) is 0.728. The zero-order valence-electron chi connectivity index (χ0n) is 12.7. The molecule has 6 nitrogen and oxygen atoms in total. The molecule has 1 amide bonds. The van der Waals surface area contributed by atoms with E-state index in [9.17, 15) is 9.59 Å². The van der Waals surface area contributed by atoms with E-state index in [0.29, 0.717) is 16.4 Å². The highest BCUT2D eigenvalue weighted by Crippen LogP contribution is 2.35. The Morgan fingerprint density at radius 2 is 2.00 bits per heavy atom. The van der Waals surface area contributed by atoms with E-state index in [2.05, 4.69) is 0 Å². The molecule has 1 aromatic carbocycles. The molecule has 0 spiro atoms. The third kappa shape index (κ3) is 3.48. The summed E-state index contributed by atoms with van der Waals surface area (Å²) in [7, 11) is 3.06. The normalized spacial score (nSPS) is 17.5. The van der Waals surface area contributed by atoms with Gasteiger partial charge >= 0.3 is 5.97 Å². The van der Waals surface area contributed by atoms with E-state index >= 15 is 0 Å². The third-order valence-electron chi connectivity index (χ3n) is 3.27. The van der Waals surface area contributed by atoms with Gasteiger partial charge in [0, 0.05) is 0 Å². The fourth-order valence-electron chi connectivity index (χ4n) is 2.02. The summed E-state index contributed by atoms with van der Waals surface area (Å²) in [6, 6.07) is 4.23. The molecule has 8 heteroatoms. The van der Waals surface area contributed by atoms with Gasteiger partial charge in [0.1, 0.15) is 10.4 Å². The fourth-order valence-corrected chi connectivity index (χ4v) is 3.44. The van der Waals surface area contributed by atoms with E-state index in [1.807, 2.05) is 0 Å². The number of carboxylic acid groups (broad SMARTS) is 1. The molecule has 0 radical (unpaired) electrons. The SMILES string of the molecule is COc1ccc(C=C2SC(=S)N([C@@H](C)C(=O)O)C2=O)cc1OC. The summed E-state index contributed by atoms with van der Waals surface area (Å²) < 4.78 is 10.6. The average Bonchev–Trinajstić information content (AvgIpc) is 2.80. The standard InChI is InChI=1S/C15H15NO5S2/c1-8(14(18)19)16-13(17)12(23-15(16)22)7-9-4-5-10(20-2)11(6-9)21-3/h4-8H,1-3H3,(H,18,19)/t8-/m0/s1. The van der Waals surface area contributed by atoms with Gasteiger partial charge in [-0.05, 0) is 30.7 Å². The lowest BCUT2D eigenvalue weighted by molar-refractivity contribution is -0.144. The number of benzene rings is 1. The molecule has 23 heavy (non-hydrogen) atoms. The highest BCUT2D eigenvalue weighted by Gasteiger charge is 2.38. The minimum absolute atomic E-state index is 0.233. The Morgan fingerprint density at radius 1 is 1.35 bits per heavy atom. The predicted octanol–water partition coefficient (Wildman–Crippen LogP) is 2.38. The van der Waals surface area contributed by atoms with Crippen molar-refractivity contribution < 1.29 is 24.2 Å². The Labute approximate surface area is 143 Å². The van der Waals surface area contributed by atoms with Crippen molar-refractivity contribution in [2.75, 3.05) is 14.2 Å². The summed E-state index contributed by atoms with van der Waals surface area (Å²) in [5.74, 6) is -0.398. The van der Waals surface area contributed by atoms with E-state index in [4.69, 9.17) is 26.8 Å². The van der Waals surface area contributed by atoms with E-state index in [1.54, 1.807) is 24.3 Å². The molecule has 1 N–H and O–H groups in total. The van der Waals surface area contributed by atoms with Gasteiger partial charge in [-0.25, -0.2) is 4.79 Å². The summed E-state index contributed by atoms with van der Waals surface area (Å²) in [6.07, 6.45) is 1.65. The van der Waals surface area contributed by atoms with Crippen LogP contribution in [-0.2, 0) is 9.59 Å². The number of carbonyl (C=O) groups is 2. The summed E-state index contributed by atoms with van der Waals surface area (Å²) in [5, 5.41) is 9.07. The quantitative estimate of drug-likeness (QED) is 0.643. The van der Waals surface area contributed by atoms with Crippen LogP contribution in [0, 0.1) is 0 Å². The Morgan fingerprint density at radius 3 is 2.57 bits per heavy atom. The van der Waals surface area contributed by atoms with Crippen molar-refractivity contribution in [3.8, 4) is 11.5 Å². The smallest absolute Gasteiger partial charge is 0.326 e. The molecule has 0 bridgehead atoms. The molecule has 0 unspecified atom stereocenters. The molecule has 1 aromatic rings. The number of hydrogen-bond donors (Lipinski definition) is 1. The number of hydrogen-bond acceptors (Lipinski definition) is 6. The predicted molar refractivity (Wildman–Crippen MR) is 91.7 cm³/mol. The largest absolute Gasteiger partial charge is 0.493 e. The number of ether oxygens (including phenoxy) is 2. The van der Waals surface area contributed by atoms with Gasteiger partial charge in [0.2, 0.25) is 0 Å². The maximum Gasteiger partial charge on any atom is 0.326 e. The van der Waals surface area contributed by atoms with Crippen molar-refractivity contribution in [1.29, 1.82) is 0 Å². The molecule has 0 aliphatic carbocycles. The van der Waals surface area contributed by atoms with E-state index in [-0.39, 0.29) is 4.32 Å². The van der Waals surface area contributed by atoms with Crippen molar-refractivity contribution >= 4 is 46.3 Å². The molecular formula is C15H15NO5S2. The van der Waals surface area contributed by atoms with Gasteiger partial charge in [-0.3, -0.25) is 9.69 Å². The van der Waals surface area contributed by atoms with Crippen LogP contribution < -0.4 is 9.47 Å². The molecule has 1 aliphatic heterocycles. The first-order chi connectivity index (χ1) is 10.9. The Kier molecular flexibility index (Phi) is 5.27. The number of amides is 1. The molecule has 1 atom stereocenters. The van der Waals surface area contributed by atoms with Crippen molar-refractivity contribution in [2.45, 2.75) is 13.0 Å². The Bertz CT molecular complexity index is 701. The minimum atomic E-state index is -1.10. The lowest BCUT2D eigenvalue weighted by atomic mass is 10.1. The maximum atomic E-state index is 12.4. The van der Waals surface area contributed by atoms with Crippen LogP contribution in [0.3, 0.4) is 0 Å². The first kappa shape index (κ1) is 17.3. The number of methoxy groups -OCH3 is 2. The van der Waals surface area contributed by atoms with Crippen LogP contribution in [0.25, 0.3) is 6.08 Å².